The third-order valence-corrected chi connectivity index (χ3v) is 5.85. The molecular formula is C17H11ClN6O2S. The highest BCUT2D eigenvalue weighted by Gasteiger charge is 2.21. The van der Waals surface area contributed by atoms with Gasteiger partial charge in [0.2, 0.25) is 5.82 Å². The molecule has 10 heteroatoms. The molecule has 4 heterocycles. The van der Waals surface area contributed by atoms with Crippen molar-refractivity contribution >= 4 is 38.8 Å². The first-order chi connectivity index (χ1) is 13.0. The minimum atomic E-state index is -0.299. The molecule has 0 amide bonds. The van der Waals surface area contributed by atoms with Crippen LogP contribution in [-0.2, 0) is 0 Å². The van der Waals surface area contributed by atoms with Gasteiger partial charge in [0.05, 0.1) is 5.39 Å². The van der Waals surface area contributed by atoms with Crippen LogP contribution in [0.25, 0.3) is 38.8 Å². The average Bonchev–Trinajstić information content (AvgIpc) is 3.34. The molecule has 0 saturated heterocycles. The van der Waals surface area contributed by atoms with Gasteiger partial charge in [-0.25, -0.2) is 9.73 Å². The number of nitrogens with one attached hydrogen (secondary N) is 1. The van der Waals surface area contributed by atoms with Gasteiger partial charge in [0.1, 0.15) is 4.83 Å². The van der Waals surface area contributed by atoms with Gasteiger partial charge < -0.3 is 4.52 Å². The van der Waals surface area contributed by atoms with Crippen molar-refractivity contribution in [1.82, 2.24) is 30.0 Å². The van der Waals surface area contributed by atoms with Crippen molar-refractivity contribution in [1.29, 1.82) is 0 Å². The summed E-state index contributed by atoms with van der Waals surface area (Å²) in [7, 11) is 0. The van der Waals surface area contributed by atoms with Crippen LogP contribution >= 0.6 is 22.9 Å². The van der Waals surface area contributed by atoms with E-state index < -0.39 is 0 Å². The fraction of sp³-hybridized carbons (Fsp3) is 0.118. The van der Waals surface area contributed by atoms with Crippen molar-refractivity contribution in [3.8, 4) is 23.0 Å². The molecule has 4 aromatic heterocycles. The predicted octanol–water partition coefficient (Wildman–Crippen LogP) is 3.62. The maximum atomic E-state index is 12.5. The Morgan fingerprint density at radius 1 is 1.19 bits per heavy atom. The molecule has 0 spiro atoms. The van der Waals surface area contributed by atoms with E-state index in [1.165, 1.54) is 11.3 Å². The van der Waals surface area contributed by atoms with Gasteiger partial charge in [-0.05, 0) is 43.7 Å². The van der Waals surface area contributed by atoms with Crippen LogP contribution in [0.5, 0.6) is 0 Å². The first kappa shape index (κ1) is 16.2. The van der Waals surface area contributed by atoms with E-state index in [-0.39, 0.29) is 11.4 Å². The Morgan fingerprint density at radius 3 is 2.74 bits per heavy atom. The van der Waals surface area contributed by atoms with Crippen LogP contribution in [0, 0.1) is 13.8 Å². The van der Waals surface area contributed by atoms with Gasteiger partial charge in [0.25, 0.3) is 11.4 Å². The van der Waals surface area contributed by atoms with E-state index in [1.54, 1.807) is 28.8 Å². The zero-order chi connectivity index (χ0) is 18.7. The standard InChI is InChI=1S/C17H11ClN6O2S/c1-7-8(2)27-17-11(7)15(25)20-14-12(21-23-24(14)17)16-19-13(22-26-16)9-3-5-10(18)6-4-9/h3-6,23H,1-2H3. The number of fused-ring (bicyclic) bond motifs is 3. The summed E-state index contributed by atoms with van der Waals surface area (Å²) in [4.78, 5) is 22.9. The third kappa shape index (κ3) is 2.39. The summed E-state index contributed by atoms with van der Waals surface area (Å²) in [6.45, 7) is 3.89. The monoisotopic (exact) mass is 398 g/mol. The zero-order valence-corrected chi connectivity index (χ0v) is 15.7. The fourth-order valence-electron chi connectivity index (χ4n) is 2.90. The van der Waals surface area contributed by atoms with Crippen LogP contribution in [0.4, 0.5) is 0 Å². The lowest BCUT2D eigenvalue weighted by molar-refractivity contribution is 0.431. The number of halogens is 1. The Labute approximate surface area is 160 Å². The first-order valence-corrected chi connectivity index (χ1v) is 9.19. The topological polar surface area (TPSA) is 102 Å². The molecule has 1 N–H and O–H groups in total. The van der Waals surface area contributed by atoms with Crippen LogP contribution in [0.1, 0.15) is 10.4 Å². The summed E-state index contributed by atoms with van der Waals surface area (Å²) in [6, 6.07) is 7.08. The number of nitrogens with zero attached hydrogens (tertiary/aromatic N) is 5. The normalized spacial score (nSPS) is 11.7. The molecule has 0 aliphatic heterocycles. The largest absolute Gasteiger partial charge is 0.332 e. The number of hydrogen-bond donors (Lipinski definition) is 1. The van der Waals surface area contributed by atoms with E-state index in [0.29, 0.717) is 27.6 Å². The Morgan fingerprint density at radius 2 is 1.96 bits per heavy atom. The molecular weight excluding hydrogens is 388 g/mol. The van der Waals surface area contributed by atoms with E-state index in [0.717, 1.165) is 20.8 Å². The molecule has 0 aliphatic carbocycles. The highest BCUT2D eigenvalue weighted by Crippen LogP contribution is 2.30. The molecule has 0 radical (unpaired) electrons. The summed E-state index contributed by atoms with van der Waals surface area (Å²) < 4.78 is 7.02. The molecule has 134 valence electrons. The molecule has 0 fully saturated rings. The van der Waals surface area contributed by atoms with Crippen molar-refractivity contribution < 1.29 is 4.52 Å². The molecule has 5 aromatic rings. The Hall–Kier alpha value is -3.04. The van der Waals surface area contributed by atoms with E-state index in [2.05, 4.69) is 25.4 Å². The number of thiophene rings is 1. The Kier molecular flexibility index (Phi) is 3.43. The van der Waals surface area contributed by atoms with Crippen LogP contribution < -0.4 is 5.56 Å². The van der Waals surface area contributed by atoms with Crippen LogP contribution in [0.15, 0.2) is 33.6 Å². The van der Waals surface area contributed by atoms with Gasteiger partial charge in [0.15, 0.2) is 11.3 Å². The van der Waals surface area contributed by atoms with E-state index in [9.17, 15) is 4.79 Å². The Balaban J connectivity index is 1.69. The minimum Gasteiger partial charge on any atom is -0.332 e. The van der Waals surface area contributed by atoms with Crippen molar-refractivity contribution in [2.45, 2.75) is 13.8 Å². The second kappa shape index (κ2) is 5.73. The van der Waals surface area contributed by atoms with E-state index in [1.807, 2.05) is 13.8 Å². The van der Waals surface area contributed by atoms with Crippen molar-refractivity contribution in [3.63, 3.8) is 0 Å². The average molecular weight is 399 g/mol. The highest BCUT2D eigenvalue weighted by molar-refractivity contribution is 7.18. The lowest BCUT2D eigenvalue weighted by Gasteiger charge is -1.95. The molecule has 0 atom stereocenters. The van der Waals surface area contributed by atoms with Gasteiger partial charge in [-0.3, -0.25) is 4.79 Å². The highest BCUT2D eigenvalue weighted by atomic mass is 35.5. The van der Waals surface area contributed by atoms with E-state index >= 15 is 0 Å². The summed E-state index contributed by atoms with van der Waals surface area (Å²) in [5.41, 5.74) is 2.06. The summed E-state index contributed by atoms with van der Waals surface area (Å²) in [6.07, 6.45) is 0. The molecule has 27 heavy (non-hydrogen) atoms. The van der Waals surface area contributed by atoms with Crippen LogP contribution in [-0.4, -0.2) is 30.0 Å². The molecule has 8 nitrogen and oxygen atoms in total. The lowest BCUT2D eigenvalue weighted by Crippen LogP contribution is -2.09. The number of aromatic amines is 1. The molecule has 0 aliphatic rings. The van der Waals surface area contributed by atoms with Crippen molar-refractivity contribution in [2.24, 2.45) is 0 Å². The second-order valence-electron chi connectivity index (χ2n) is 6.03. The number of H-pyrrole nitrogens is 1. The number of rotatable bonds is 2. The number of hydrogen-bond acceptors (Lipinski definition) is 7. The third-order valence-electron chi connectivity index (χ3n) is 4.41. The van der Waals surface area contributed by atoms with Gasteiger partial charge in [-0.15, -0.1) is 16.4 Å². The SMILES string of the molecule is Cc1sc2c(c1C)c(=O)nc1c(-c3nc(-c4ccc(Cl)cc4)no3)n[nH]n12. The minimum absolute atomic E-state index is 0.176. The van der Waals surface area contributed by atoms with Crippen LogP contribution in [0.3, 0.4) is 0 Å². The van der Waals surface area contributed by atoms with Gasteiger partial charge in [-0.2, -0.15) is 9.97 Å². The predicted molar refractivity (Wildman–Crippen MR) is 102 cm³/mol. The number of aryl methyl sites for hydroxylation is 2. The maximum Gasteiger partial charge on any atom is 0.282 e. The summed E-state index contributed by atoms with van der Waals surface area (Å²) >= 11 is 7.42. The van der Waals surface area contributed by atoms with Crippen molar-refractivity contribution in [3.05, 3.63) is 50.1 Å². The molecule has 5 rings (SSSR count). The van der Waals surface area contributed by atoms with Gasteiger partial charge in [-0.1, -0.05) is 16.8 Å². The van der Waals surface area contributed by atoms with Gasteiger partial charge >= 0.3 is 0 Å². The molecule has 0 unspecified atom stereocenters. The van der Waals surface area contributed by atoms with Crippen LogP contribution in [0.2, 0.25) is 5.02 Å². The first-order valence-electron chi connectivity index (χ1n) is 8.00. The lowest BCUT2D eigenvalue weighted by atomic mass is 10.2. The quantitative estimate of drug-likeness (QED) is 0.487. The maximum absolute atomic E-state index is 12.5. The van der Waals surface area contributed by atoms with Gasteiger partial charge in [0, 0.05) is 15.5 Å². The number of benzene rings is 1. The van der Waals surface area contributed by atoms with E-state index in [4.69, 9.17) is 16.1 Å². The zero-order valence-electron chi connectivity index (χ0n) is 14.1. The Bertz CT molecular complexity index is 1380. The molecule has 1 aromatic carbocycles. The second-order valence-corrected chi connectivity index (χ2v) is 7.67. The molecule has 0 saturated carbocycles. The summed E-state index contributed by atoms with van der Waals surface area (Å²) in [5.74, 6) is 0.573. The van der Waals surface area contributed by atoms with Crippen molar-refractivity contribution in [2.75, 3.05) is 0 Å². The smallest absolute Gasteiger partial charge is 0.282 e. The number of aromatic nitrogens is 6. The molecule has 0 bridgehead atoms. The summed E-state index contributed by atoms with van der Waals surface area (Å²) in [5, 5.41) is 12.3. The fourth-order valence-corrected chi connectivity index (χ4v) is 4.13.